The predicted octanol–water partition coefficient (Wildman–Crippen LogP) is 2.31. The minimum Gasteiger partial charge on any atom is -0.399 e. The molecule has 0 fully saturated rings. The first-order valence-corrected chi connectivity index (χ1v) is 6.49. The van der Waals surface area contributed by atoms with Crippen molar-refractivity contribution in [1.82, 2.24) is 0 Å². The highest BCUT2D eigenvalue weighted by Gasteiger charge is 2.08. The largest absolute Gasteiger partial charge is 0.399 e. The molecule has 2 rings (SSSR count). The zero-order valence-electron chi connectivity index (χ0n) is 9.78. The number of hydrogen-bond acceptors (Lipinski definition) is 4. The number of nitro groups is 1. The minimum atomic E-state index is -1.49. The van der Waals surface area contributed by atoms with Gasteiger partial charge in [-0.05, 0) is 30.3 Å². The Balaban J connectivity index is 2.14. The van der Waals surface area contributed by atoms with Crippen LogP contribution in [0.4, 0.5) is 17.1 Å². The van der Waals surface area contributed by atoms with Crippen LogP contribution in [0.5, 0.6) is 0 Å². The fourth-order valence-corrected chi connectivity index (χ4v) is 2.30. The Labute approximate surface area is 112 Å². The lowest BCUT2D eigenvalue weighted by Gasteiger charge is -2.06. The molecule has 1 unspecified atom stereocenters. The lowest BCUT2D eigenvalue weighted by molar-refractivity contribution is -0.384. The van der Waals surface area contributed by atoms with Crippen molar-refractivity contribution >= 4 is 28.0 Å². The predicted molar refractivity (Wildman–Crippen MR) is 74.0 cm³/mol. The van der Waals surface area contributed by atoms with E-state index in [1.54, 1.807) is 24.3 Å². The minimum absolute atomic E-state index is 0.0373. The lowest BCUT2D eigenvalue weighted by atomic mass is 10.3. The lowest BCUT2D eigenvalue weighted by Crippen LogP contribution is -2.05. The van der Waals surface area contributed by atoms with Crippen LogP contribution in [-0.4, -0.2) is 9.13 Å². The molecule has 0 bridgehead atoms. The molecule has 0 heterocycles. The van der Waals surface area contributed by atoms with Crippen LogP contribution in [-0.2, 0) is 11.0 Å². The second-order valence-corrected chi connectivity index (χ2v) is 4.96. The van der Waals surface area contributed by atoms with E-state index in [4.69, 9.17) is 5.73 Å². The van der Waals surface area contributed by atoms with E-state index in [0.29, 0.717) is 16.3 Å². The van der Waals surface area contributed by atoms with Crippen molar-refractivity contribution in [3.05, 3.63) is 58.6 Å². The topological polar surface area (TPSA) is 98.3 Å². The number of nitrogens with zero attached hydrogens (tertiary/aromatic N) is 1. The molecule has 19 heavy (non-hydrogen) atoms. The Morgan fingerprint density at radius 1 is 1.16 bits per heavy atom. The van der Waals surface area contributed by atoms with Crippen LogP contribution in [0.3, 0.4) is 0 Å². The van der Waals surface area contributed by atoms with Crippen molar-refractivity contribution in [3.63, 3.8) is 0 Å². The monoisotopic (exact) mass is 277 g/mol. The van der Waals surface area contributed by atoms with Crippen LogP contribution in [0.15, 0.2) is 53.4 Å². The molecule has 2 aromatic carbocycles. The average molecular weight is 277 g/mol. The van der Waals surface area contributed by atoms with Gasteiger partial charge in [0.15, 0.2) is 0 Å². The van der Waals surface area contributed by atoms with Gasteiger partial charge in [-0.25, -0.2) is 4.21 Å². The van der Waals surface area contributed by atoms with E-state index in [2.05, 4.69) is 4.72 Å². The number of nitrogen functional groups attached to an aromatic ring is 1. The molecule has 3 N–H and O–H groups in total. The molecule has 0 amide bonds. The van der Waals surface area contributed by atoms with Gasteiger partial charge in [0.1, 0.15) is 11.0 Å². The first kappa shape index (κ1) is 13.0. The van der Waals surface area contributed by atoms with E-state index in [1.165, 1.54) is 24.3 Å². The van der Waals surface area contributed by atoms with Crippen molar-refractivity contribution in [2.24, 2.45) is 0 Å². The van der Waals surface area contributed by atoms with Gasteiger partial charge >= 0.3 is 0 Å². The smallest absolute Gasteiger partial charge is 0.269 e. The fraction of sp³-hybridized carbons (Fsp3) is 0. The second kappa shape index (κ2) is 5.49. The molecule has 0 spiro atoms. The maximum Gasteiger partial charge on any atom is 0.269 e. The number of hydrogen-bond donors (Lipinski definition) is 2. The van der Waals surface area contributed by atoms with Gasteiger partial charge < -0.3 is 10.5 Å². The summed E-state index contributed by atoms with van der Waals surface area (Å²) in [4.78, 5) is 10.5. The molecule has 6 nitrogen and oxygen atoms in total. The van der Waals surface area contributed by atoms with E-state index in [1.807, 2.05) is 0 Å². The maximum atomic E-state index is 12.0. The van der Waals surface area contributed by atoms with E-state index in [-0.39, 0.29) is 5.69 Å². The Bertz CT molecular complexity index is 628. The molecule has 98 valence electrons. The molecule has 0 saturated carbocycles. The number of nitrogens with one attached hydrogen (secondary N) is 1. The summed E-state index contributed by atoms with van der Waals surface area (Å²) in [7, 11) is -1.49. The molecular formula is C12H11N3O3S. The second-order valence-electron chi connectivity index (χ2n) is 3.75. The number of nitrogens with two attached hydrogens (primary N) is 1. The molecule has 7 heteroatoms. The normalized spacial score (nSPS) is 11.8. The van der Waals surface area contributed by atoms with Crippen LogP contribution >= 0.6 is 0 Å². The highest BCUT2D eigenvalue weighted by Crippen LogP contribution is 2.18. The fourth-order valence-electron chi connectivity index (χ4n) is 1.46. The zero-order valence-corrected chi connectivity index (χ0v) is 10.6. The Morgan fingerprint density at radius 3 is 2.42 bits per heavy atom. The number of nitro benzene ring substituents is 1. The van der Waals surface area contributed by atoms with Gasteiger partial charge in [0.2, 0.25) is 0 Å². The van der Waals surface area contributed by atoms with Crippen LogP contribution in [0.2, 0.25) is 0 Å². The van der Waals surface area contributed by atoms with Crippen LogP contribution < -0.4 is 10.5 Å². The van der Waals surface area contributed by atoms with E-state index < -0.39 is 15.9 Å². The molecule has 0 aliphatic heterocycles. The van der Waals surface area contributed by atoms with Crippen molar-refractivity contribution in [2.45, 2.75) is 4.90 Å². The third-order valence-corrected chi connectivity index (χ3v) is 3.48. The van der Waals surface area contributed by atoms with Gasteiger partial charge in [0.25, 0.3) is 5.69 Å². The summed E-state index contributed by atoms with van der Waals surface area (Å²) in [5, 5.41) is 10.5. The molecule has 0 aliphatic carbocycles. The van der Waals surface area contributed by atoms with Gasteiger partial charge in [0, 0.05) is 23.5 Å². The van der Waals surface area contributed by atoms with Crippen LogP contribution in [0.25, 0.3) is 0 Å². The molecule has 2 aromatic rings. The van der Waals surface area contributed by atoms with Gasteiger partial charge in [-0.3, -0.25) is 10.1 Å². The zero-order chi connectivity index (χ0) is 13.8. The van der Waals surface area contributed by atoms with Gasteiger partial charge in [-0.1, -0.05) is 6.07 Å². The molecule has 1 atom stereocenters. The molecule has 0 saturated heterocycles. The van der Waals surface area contributed by atoms with Gasteiger partial charge in [-0.2, -0.15) is 0 Å². The van der Waals surface area contributed by atoms with E-state index in [9.17, 15) is 14.3 Å². The van der Waals surface area contributed by atoms with Gasteiger partial charge in [-0.15, -0.1) is 0 Å². The van der Waals surface area contributed by atoms with Crippen LogP contribution in [0, 0.1) is 10.1 Å². The first-order chi connectivity index (χ1) is 9.06. The number of rotatable bonds is 4. The molecular weight excluding hydrogens is 266 g/mol. The summed E-state index contributed by atoms with van der Waals surface area (Å²) >= 11 is 0. The summed E-state index contributed by atoms with van der Waals surface area (Å²) < 4.78 is 14.8. The Hall–Kier alpha value is -2.41. The number of anilines is 2. The van der Waals surface area contributed by atoms with Crippen molar-refractivity contribution in [2.75, 3.05) is 10.5 Å². The summed E-state index contributed by atoms with van der Waals surface area (Å²) in [5.74, 6) is 0. The molecule has 0 aromatic heterocycles. The molecule has 0 aliphatic rings. The average Bonchev–Trinajstić information content (AvgIpc) is 2.39. The van der Waals surface area contributed by atoms with Crippen molar-refractivity contribution < 1.29 is 9.13 Å². The number of non-ortho nitro benzene ring substituents is 1. The van der Waals surface area contributed by atoms with Gasteiger partial charge in [0.05, 0.1) is 9.82 Å². The van der Waals surface area contributed by atoms with Crippen LogP contribution in [0.1, 0.15) is 0 Å². The summed E-state index contributed by atoms with van der Waals surface area (Å²) in [6.45, 7) is 0. The Kier molecular flexibility index (Phi) is 3.76. The quantitative estimate of drug-likeness (QED) is 0.509. The highest BCUT2D eigenvalue weighted by atomic mass is 32.2. The summed E-state index contributed by atoms with van der Waals surface area (Å²) in [5.41, 5.74) is 6.76. The molecule has 0 radical (unpaired) electrons. The number of benzene rings is 2. The summed E-state index contributed by atoms with van der Waals surface area (Å²) in [6.07, 6.45) is 0. The summed E-state index contributed by atoms with van der Waals surface area (Å²) in [6, 6.07) is 12.4. The van der Waals surface area contributed by atoms with E-state index >= 15 is 0 Å². The van der Waals surface area contributed by atoms with E-state index in [0.717, 1.165) is 0 Å². The van der Waals surface area contributed by atoms with Crippen molar-refractivity contribution in [3.8, 4) is 0 Å². The SMILES string of the molecule is Nc1cccc(NS(=O)c2ccc([N+](=O)[O-])cc2)c1. The maximum absolute atomic E-state index is 12.0. The highest BCUT2D eigenvalue weighted by molar-refractivity contribution is 7.86. The third-order valence-electron chi connectivity index (χ3n) is 2.36. The first-order valence-electron chi connectivity index (χ1n) is 5.35. The standard InChI is InChI=1S/C12H11N3O3S/c13-9-2-1-3-10(8-9)14-19(18)12-6-4-11(5-7-12)15(16)17/h1-8,14H,13H2. The third kappa shape index (κ3) is 3.29. The van der Waals surface area contributed by atoms with Crippen molar-refractivity contribution in [1.29, 1.82) is 0 Å². The Morgan fingerprint density at radius 2 is 1.84 bits per heavy atom.